The van der Waals surface area contributed by atoms with Crippen LogP contribution in [-0.2, 0) is 17.7 Å². The van der Waals surface area contributed by atoms with Crippen LogP contribution in [0.15, 0.2) is 36.4 Å². The van der Waals surface area contributed by atoms with Crippen LogP contribution in [-0.4, -0.2) is 90.9 Å². The summed E-state index contributed by atoms with van der Waals surface area (Å²) in [6.07, 6.45) is 0.606. The minimum absolute atomic E-state index is 0.212. The fraction of sp³-hybridized carbons (Fsp3) is 0.515. The number of benzene rings is 2. The van der Waals surface area contributed by atoms with Gasteiger partial charge in [0.1, 0.15) is 18.0 Å². The first kappa shape index (κ1) is 30.4. The van der Waals surface area contributed by atoms with Crippen molar-refractivity contribution in [1.82, 2.24) is 19.8 Å². The van der Waals surface area contributed by atoms with Crippen LogP contribution in [0.3, 0.4) is 0 Å². The van der Waals surface area contributed by atoms with Gasteiger partial charge in [-0.1, -0.05) is 30.3 Å². The summed E-state index contributed by atoms with van der Waals surface area (Å²) < 4.78 is 11.8. The van der Waals surface area contributed by atoms with Crippen molar-refractivity contribution in [2.75, 3.05) is 63.2 Å². The SMILES string of the molecule is Cc1cc(N2CCc3c(nc(OCCN(C)C)nc3N3CCN(C(=O)OC(C)(C)C)[C@@H](CC#N)C3)C2)c2ccccc2c1. The van der Waals surface area contributed by atoms with E-state index in [4.69, 9.17) is 19.4 Å². The number of nitriles is 1. The van der Waals surface area contributed by atoms with Crippen LogP contribution >= 0.6 is 0 Å². The second-order valence-electron chi connectivity index (χ2n) is 12.7. The summed E-state index contributed by atoms with van der Waals surface area (Å²) in [5.74, 6) is 0.838. The average Bonchev–Trinajstić information content (AvgIpc) is 2.95. The summed E-state index contributed by atoms with van der Waals surface area (Å²) in [5.41, 5.74) is 3.88. The molecular weight excluding hydrogens is 542 g/mol. The van der Waals surface area contributed by atoms with Crippen molar-refractivity contribution in [2.24, 2.45) is 0 Å². The van der Waals surface area contributed by atoms with Crippen molar-refractivity contribution in [2.45, 2.75) is 58.7 Å². The second-order valence-corrected chi connectivity index (χ2v) is 12.7. The highest BCUT2D eigenvalue weighted by atomic mass is 16.6. The number of rotatable bonds is 7. The minimum atomic E-state index is -0.607. The number of aromatic nitrogens is 2. The maximum absolute atomic E-state index is 13.0. The molecule has 0 bridgehead atoms. The largest absolute Gasteiger partial charge is 0.462 e. The monoisotopic (exact) mass is 585 g/mol. The number of hydrogen-bond acceptors (Lipinski definition) is 9. The van der Waals surface area contributed by atoms with E-state index in [0.29, 0.717) is 38.8 Å². The fourth-order valence-electron chi connectivity index (χ4n) is 5.83. The highest BCUT2D eigenvalue weighted by Gasteiger charge is 2.36. The van der Waals surface area contributed by atoms with Gasteiger partial charge in [0.15, 0.2) is 0 Å². The van der Waals surface area contributed by atoms with Crippen LogP contribution in [0.5, 0.6) is 6.01 Å². The van der Waals surface area contributed by atoms with Gasteiger partial charge in [-0.05, 0) is 65.2 Å². The Balaban J connectivity index is 1.46. The average molecular weight is 586 g/mol. The predicted molar refractivity (Wildman–Crippen MR) is 169 cm³/mol. The van der Waals surface area contributed by atoms with Crippen molar-refractivity contribution in [3.05, 3.63) is 53.2 Å². The van der Waals surface area contributed by atoms with Crippen LogP contribution in [0.4, 0.5) is 16.3 Å². The Morgan fingerprint density at radius 1 is 1.12 bits per heavy atom. The first-order valence-corrected chi connectivity index (χ1v) is 15.1. The van der Waals surface area contributed by atoms with Crippen molar-refractivity contribution in [3.8, 4) is 12.1 Å². The minimum Gasteiger partial charge on any atom is -0.462 e. The van der Waals surface area contributed by atoms with E-state index in [9.17, 15) is 10.1 Å². The molecule has 10 heteroatoms. The molecule has 1 saturated heterocycles. The van der Waals surface area contributed by atoms with Crippen LogP contribution in [0, 0.1) is 18.3 Å². The molecule has 228 valence electrons. The maximum atomic E-state index is 13.0. The first-order chi connectivity index (χ1) is 20.5. The number of anilines is 2. The lowest BCUT2D eigenvalue weighted by atomic mass is 10.00. The van der Waals surface area contributed by atoms with Gasteiger partial charge in [0.25, 0.3) is 0 Å². The molecule has 1 fully saturated rings. The molecule has 0 spiro atoms. The Hall–Kier alpha value is -4.10. The van der Waals surface area contributed by atoms with Gasteiger partial charge >= 0.3 is 12.1 Å². The van der Waals surface area contributed by atoms with Gasteiger partial charge in [-0.15, -0.1) is 0 Å². The molecule has 0 unspecified atom stereocenters. The molecule has 1 amide bonds. The van der Waals surface area contributed by atoms with Crippen molar-refractivity contribution in [3.63, 3.8) is 0 Å². The summed E-state index contributed by atoms with van der Waals surface area (Å²) in [4.78, 5) is 31.2. The molecule has 0 saturated carbocycles. The van der Waals surface area contributed by atoms with Gasteiger partial charge in [0, 0.05) is 49.4 Å². The molecule has 1 aromatic heterocycles. The van der Waals surface area contributed by atoms with E-state index in [2.05, 4.69) is 64.1 Å². The second kappa shape index (κ2) is 12.6. The summed E-state index contributed by atoms with van der Waals surface area (Å²) in [6, 6.07) is 15.3. The summed E-state index contributed by atoms with van der Waals surface area (Å²) in [7, 11) is 4.01. The molecular formula is C33H43N7O3. The van der Waals surface area contributed by atoms with Crippen molar-refractivity contribution in [1.29, 1.82) is 5.26 Å². The number of fused-ring (bicyclic) bond motifs is 2. The van der Waals surface area contributed by atoms with E-state index in [-0.39, 0.29) is 18.6 Å². The van der Waals surface area contributed by atoms with Gasteiger partial charge in [-0.25, -0.2) is 4.79 Å². The number of amides is 1. The fourth-order valence-corrected chi connectivity index (χ4v) is 5.83. The van der Waals surface area contributed by atoms with Crippen LogP contribution in [0.2, 0.25) is 0 Å². The molecule has 3 aromatic rings. The van der Waals surface area contributed by atoms with Crippen LogP contribution in [0.25, 0.3) is 10.8 Å². The number of ether oxygens (including phenoxy) is 2. The lowest BCUT2D eigenvalue weighted by Gasteiger charge is -2.42. The third-order valence-corrected chi connectivity index (χ3v) is 7.85. The van der Waals surface area contributed by atoms with Crippen LogP contribution < -0.4 is 14.5 Å². The summed E-state index contributed by atoms with van der Waals surface area (Å²) >= 11 is 0. The van der Waals surface area contributed by atoms with Gasteiger partial charge < -0.3 is 29.1 Å². The number of carbonyl (C=O) groups excluding carboxylic acids is 1. The van der Waals surface area contributed by atoms with Gasteiger partial charge in [0.05, 0.1) is 30.8 Å². The number of nitrogens with zero attached hydrogens (tertiary/aromatic N) is 7. The number of piperazine rings is 1. The number of hydrogen-bond donors (Lipinski definition) is 0. The quantitative estimate of drug-likeness (QED) is 0.388. The van der Waals surface area contributed by atoms with E-state index in [0.717, 1.165) is 36.6 Å². The van der Waals surface area contributed by atoms with Crippen molar-refractivity contribution < 1.29 is 14.3 Å². The van der Waals surface area contributed by atoms with E-state index in [1.165, 1.54) is 22.0 Å². The molecule has 2 aromatic carbocycles. The summed E-state index contributed by atoms with van der Waals surface area (Å²) in [5, 5.41) is 12.1. The summed E-state index contributed by atoms with van der Waals surface area (Å²) in [6.45, 7) is 11.9. The zero-order valence-corrected chi connectivity index (χ0v) is 26.3. The topological polar surface area (TPSA) is 98.1 Å². The number of aryl methyl sites for hydroxylation is 1. The highest BCUT2D eigenvalue weighted by Crippen LogP contribution is 2.35. The molecule has 0 aliphatic carbocycles. The zero-order chi connectivity index (χ0) is 30.7. The maximum Gasteiger partial charge on any atom is 0.410 e. The van der Waals surface area contributed by atoms with Gasteiger partial charge in [-0.2, -0.15) is 15.2 Å². The van der Waals surface area contributed by atoms with E-state index in [1.54, 1.807) is 4.90 Å². The standard InChI is InChI=1S/C33H43N7O3/c1-23-19-24-9-7-8-10-26(24)29(20-23)38-14-12-27-28(22-38)35-31(42-18-17-37(5)6)36-30(27)39-15-16-40(25(21-39)11-13-34)32(41)43-33(2,3)4/h7-10,19-20,25H,11-12,14-18,21-22H2,1-6H3/t25-/m0/s1. The molecule has 1 atom stereocenters. The number of likely N-dealkylation sites (N-methyl/N-ethyl adjacent to an activating group) is 1. The first-order valence-electron chi connectivity index (χ1n) is 15.1. The van der Waals surface area contributed by atoms with Gasteiger partial charge in [0.2, 0.25) is 0 Å². The Morgan fingerprint density at radius 3 is 2.65 bits per heavy atom. The molecule has 3 heterocycles. The lowest BCUT2D eigenvalue weighted by molar-refractivity contribution is 0.0144. The Bertz CT molecular complexity index is 1510. The highest BCUT2D eigenvalue weighted by molar-refractivity contribution is 5.95. The van der Waals surface area contributed by atoms with Crippen molar-refractivity contribution >= 4 is 28.4 Å². The van der Waals surface area contributed by atoms with E-state index in [1.807, 2.05) is 34.9 Å². The van der Waals surface area contributed by atoms with E-state index < -0.39 is 5.60 Å². The Kier molecular flexibility index (Phi) is 8.92. The molecule has 0 N–H and O–H groups in total. The molecule has 0 radical (unpaired) electrons. The smallest absolute Gasteiger partial charge is 0.410 e. The molecule has 43 heavy (non-hydrogen) atoms. The lowest BCUT2D eigenvalue weighted by Crippen LogP contribution is -2.56. The van der Waals surface area contributed by atoms with Crippen LogP contribution in [0.1, 0.15) is 44.0 Å². The molecule has 10 nitrogen and oxygen atoms in total. The van der Waals surface area contributed by atoms with E-state index >= 15 is 0 Å². The third-order valence-electron chi connectivity index (χ3n) is 7.85. The molecule has 5 rings (SSSR count). The molecule has 2 aliphatic heterocycles. The molecule has 2 aliphatic rings. The normalized spacial score (nSPS) is 17.2. The Labute approximate surface area is 254 Å². The van der Waals surface area contributed by atoms with Gasteiger partial charge in [-0.3, -0.25) is 0 Å². The Morgan fingerprint density at radius 2 is 1.91 bits per heavy atom. The zero-order valence-electron chi connectivity index (χ0n) is 26.3. The number of carbonyl (C=O) groups is 1. The predicted octanol–water partition coefficient (Wildman–Crippen LogP) is 4.78. The third kappa shape index (κ3) is 7.11.